The maximum atomic E-state index is 12.2. The third kappa shape index (κ3) is 7.83. The monoisotopic (exact) mass is 407 g/mol. The van der Waals surface area contributed by atoms with Gasteiger partial charge in [0.15, 0.2) is 6.61 Å². The van der Waals surface area contributed by atoms with Crippen LogP contribution in [-0.4, -0.2) is 63.9 Å². The van der Waals surface area contributed by atoms with Crippen LogP contribution in [0.4, 0.5) is 0 Å². The number of methoxy groups -OCH3 is 1. The number of rotatable bonds is 9. The van der Waals surface area contributed by atoms with Crippen LogP contribution in [0.3, 0.4) is 0 Å². The van der Waals surface area contributed by atoms with Crippen LogP contribution in [0.25, 0.3) is 0 Å². The molecule has 2 rings (SSSR count). The zero-order valence-corrected chi connectivity index (χ0v) is 17.4. The minimum absolute atomic E-state index is 0.194. The summed E-state index contributed by atoms with van der Waals surface area (Å²) < 4.78 is 15.1. The Balaban J connectivity index is 1.81. The number of esters is 2. The summed E-state index contributed by atoms with van der Waals surface area (Å²) in [5.74, 6) is -1.44. The van der Waals surface area contributed by atoms with Crippen LogP contribution in [0.15, 0.2) is 24.3 Å². The Kier molecular flexibility index (Phi) is 9.08. The first-order chi connectivity index (χ1) is 13.9. The summed E-state index contributed by atoms with van der Waals surface area (Å²) in [5, 5.41) is 2.56. The molecular weight excluding hydrogens is 376 g/mol. The number of hydrogen-bond acceptors (Lipinski definition) is 6. The third-order valence-corrected chi connectivity index (χ3v) is 4.71. The lowest BCUT2D eigenvalue weighted by Crippen LogP contribution is -3.12. The molecule has 0 aromatic heterocycles. The van der Waals surface area contributed by atoms with Gasteiger partial charge in [0, 0.05) is 5.56 Å². The van der Waals surface area contributed by atoms with Gasteiger partial charge in [-0.25, -0.2) is 9.59 Å². The molecule has 0 radical (unpaired) electrons. The average molecular weight is 407 g/mol. The van der Waals surface area contributed by atoms with Gasteiger partial charge >= 0.3 is 11.9 Å². The zero-order valence-electron chi connectivity index (χ0n) is 17.4. The lowest BCUT2D eigenvalue weighted by Gasteiger charge is -2.23. The fraction of sp³-hybridized carbons (Fsp3) is 0.571. The first-order valence-electron chi connectivity index (χ1n) is 9.93. The molecule has 1 aromatic carbocycles. The normalized spacial score (nSPS) is 15.6. The highest BCUT2D eigenvalue weighted by molar-refractivity contribution is 5.92. The second-order valence-electron chi connectivity index (χ2n) is 7.59. The van der Waals surface area contributed by atoms with E-state index in [0.29, 0.717) is 12.0 Å². The van der Waals surface area contributed by atoms with E-state index in [9.17, 15) is 14.4 Å². The van der Waals surface area contributed by atoms with E-state index in [1.54, 1.807) is 12.1 Å². The number of quaternary nitrogens is 1. The molecule has 0 aliphatic carbocycles. The second kappa shape index (κ2) is 11.5. The van der Waals surface area contributed by atoms with Gasteiger partial charge in [0.05, 0.1) is 25.9 Å². The number of morpholine rings is 1. The van der Waals surface area contributed by atoms with Crippen molar-refractivity contribution in [1.29, 1.82) is 0 Å². The number of carbonyl (C=O) groups is 3. The highest BCUT2D eigenvalue weighted by atomic mass is 16.5. The number of benzene rings is 1. The molecule has 0 spiro atoms. The topological polar surface area (TPSA) is 95.4 Å². The van der Waals surface area contributed by atoms with Crippen LogP contribution in [0.2, 0.25) is 0 Å². The van der Waals surface area contributed by atoms with Crippen LogP contribution < -0.4 is 10.2 Å². The van der Waals surface area contributed by atoms with Gasteiger partial charge in [-0.1, -0.05) is 26.0 Å². The summed E-state index contributed by atoms with van der Waals surface area (Å²) in [6.45, 7) is 7.80. The summed E-state index contributed by atoms with van der Waals surface area (Å²) >= 11 is 0. The van der Waals surface area contributed by atoms with E-state index >= 15 is 0 Å². The molecule has 1 aromatic rings. The molecular formula is C21H31N2O6+. The standard InChI is InChI=1S/C21H30N2O6/c1-15(2)12-18(21(26)27-3)22-19(24)14-29-20(25)17-6-4-16(5-7-17)13-23-8-10-28-11-9-23/h4-7,15,18H,8-14H2,1-3H3,(H,22,24)/p+1/t18-/m0/s1. The molecule has 1 saturated heterocycles. The largest absolute Gasteiger partial charge is 0.467 e. The molecule has 0 saturated carbocycles. The molecule has 8 heteroatoms. The summed E-state index contributed by atoms with van der Waals surface area (Å²) in [6, 6.07) is 6.44. The molecule has 1 aliphatic heterocycles. The van der Waals surface area contributed by atoms with E-state index in [4.69, 9.17) is 14.2 Å². The quantitative estimate of drug-likeness (QED) is 0.558. The maximum Gasteiger partial charge on any atom is 0.338 e. The van der Waals surface area contributed by atoms with Crippen LogP contribution >= 0.6 is 0 Å². The smallest absolute Gasteiger partial charge is 0.338 e. The first kappa shape index (κ1) is 22.8. The van der Waals surface area contributed by atoms with E-state index in [1.807, 2.05) is 26.0 Å². The van der Waals surface area contributed by atoms with E-state index < -0.39 is 30.5 Å². The Morgan fingerprint density at radius 3 is 2.38 bits per heavy atom. The molecule has 1 amide bonds. The summed E-state index contributed by atoms with van der Waals surface area (Å²) in [6.07, 6.45) is 0.443. The van der Waals surface area contributed by atoms with Crippen molar-refractivity contribution in [2.75, 3.05) is 40.0 Å². The number of amides is 1. The van der Waals surface area contributed by atoms with E-state index in [1.165, 1.54) is 12.0 Å². The molecule has 2 N–H and O–H groups in total. The Morgan fingerprint density at radius 2 is 1.79 bits per heavy atom. The van der Waals surface area contributed by atoms with Gasteiger partial charge in [-0.3, -0.25) is 4.79 Å². The molecule has 1 fully saturated rings. The zero-order chi connectivity index (χ0) is 21.2. The minimum Gasteiger partial charge on any atom is -0.467 e. The SMILES string of the molecule is COC(=O)[C@H](CC(C)C)NC(=O)COC(=O)c1ccc(C[NH+]2CCOCC2)cc1. The predicted molar refractivity (Wildman–Crippen MR) is 105 cm³/mol. The van der Waals surface area contributed by atoms with Crippen LogP contribution in [0, 0.1) is 5.92 Å². The van der Waals surface area contributed by atoms with Crippen molar-refractivity contribution in [2.24, 2.45) is 5.92 Å². The fourth-order valence-electron chi connectivity index (χ4n) is 3.16. The fourth-order valence-corrected chi connectivity index (χ4v) is 3.16. The number of carbonyl (C=O) groups excluding carboxylic acids is 3. The van der Waals surface area contributed by atoms with E-state index in [-0.39, 0.29) is 5.92 Å². The molecule has 1 aliphatic rings. The van der Waals surface area contributed by atoms with Crippen molar-refractivity contribution in [3.8, 4) is 0 Å². The molecule has 1 atom stereocenters. The number of ether oxygens (including phenoxy) is 3. The van der Waals surface area contributed by atoms with Crippen molar-refractivity contribution in [3.05, 3.63) is 35.4 Å². The van der Waals surface area contributed by atoms with Gasteiger partial charge in [-0.05, 0) is 24.5 Å². The second-order valence-corrected chi connectivity index (χ2v) is 7.59. The van der Waals surface area contributed by atoms with Gasteiger partial charge < -0.3 is 24.4 Å². The van der Waals surface area contributed by atoms with Crippen molar-refractivity contribution in [1.82, 2.24) is 5.32 Å². The van der Waals surface area contributed by atoms with E-state index in [0.717, 1.165) is 38.4 Å². The highest BCUT2D eigenvalue weighted by Crippen LogP contribution is 2.07. The van der Waals surface area contributed by atoms with Crippen molar-refractivity contribution in [3.63, 3.8) is 0 Å². The molecule has 29 heavy (non-hydrogen) atoms. The summed E-state index contributed by atoms with van der Waals surface area (Å²) in [4.78, 5) is 37.5. The molecule has 160 valence electrons. The molecule has 0 unspecified atom stereocenters. The highest BCUT2D eigenvalue weighted by Gasteiger charge is 2.23. The van der Waals surface area contributed by atoms with Crippen molar-refractivity contribution >= 4 is 17.8 Å². The van der Waals surface area contributed by atoms with Crippen LogP contribution in [0.5, 0.6) is 0 Å². The molecule has 0 bridgehead atoms. The summed E-state index contributed by atoms with van der Waals surface area (Å²) in [5.41, 5.74) is 1.51. The Hall–Kier alpha value is -2.45. The van der Waals surface area contributed by atoms with E-state index in [2.05, 4.69) is 5.32 Å². The molecule has 8 nitrogen and oxygen atoms in total. The number of nitrogens with one attached hydrogen (secondary N) is 2. The van der Waals surface area contributed by atoms with Gasteiger partial charge in [-0.15, -0.1) is 0 Å². The summed E-state index contributed by atoms with van der Waals surface area (Å²) in [7, 11) is 1.27. The Labute approximate surface area is 171 Å². The minimum atomic E-state index is -0.756. The van der Waals surface area contributed by atoms with Gasteiger partial charge in [0.2, 0.25) is 0 Å². The lowest BCUT2D eigenvalue weighted by molar-refractivity contribution is -0.921. The van der Waals surface area contributed by atoms with Gasteiger partial charge in [0.1, 0.15) is 25.7 Å². The maximum absolute atomic E-state index is 12.2. The van der Waals surface area contributed by atoms with Crippen LogP contribution in [0.1, 0.15) is 36.2 Å². The van der Waals surface area contributed by atoms with Crippen molar-refractivity contribution < 1.29 is 33.5 Å². The Bertz CT molecular complexity index is 683. The Morgan fingerprint density at radius 1 is 1.14 bits per heavy atom. The van der Waals surface area contributed by atoms with Crippen molar-refractivity contribution in [2.45, 2.75) is 32.9 Å². The predicted octanol–water partition coefficient (Wildman–Crippen LogP) is -0.0376. The van der Waals surface area contributed by atoms with Crippen LogP contribution in [-0.2, 0) is 30.3 Å². The van der Waals surface area contributed by atoms with Gasteiger partial charge in [-0.2, -0.15) is 0 Å². The third-order valence-electron chi connectivity index (χ3n) is 4.71. The first-order valence-corrected chi connectivity index (χ1v) is 9.93. The number of hydrogen-bond donors (Lipinski definition) is 2. The molecule has 1 heterocycles. The van der Waals surface area contributed by atoms with Gasteiger partial charge in [0.25, 0.3) is 5.91 Å². The average Bonchev–Trinajstić information content (AvgIpc) is 2.72. The lowest BCUT2D eigenvalue weighted by atomic mass is 10.0.